The van der Waals surface area contributed by atoms with Crippen molar-refractivity contribution >= 4 is 5.84 Å². The van der Waals surface area contributed by atoms with Gasteiger partial charge in [0.15, 0.2) is 0 Å². The van der Waals surface area contributed by atoms with Crippen molar-refractivity contribution in [1.29, 1.82) is 5.26 Å². The number of fused-ring (bicyclic) bond motifs is 2. The highest BCUT2D eigenvalue weighted by Gasteiger charge is 2.34. The number of nitriles is 1. The van der Waals surface area contributed by atoms with Crippen LogP contribution in [0.4, 0.5) is 0 Å². The minimum atomic E-state index is 0.441. The fourth-order valence-corrected chi connectivity index (χ4v) is 6.43. The van der Waals surface area contributed by atoms with E-state index in [9.17, 15) is 5.26 Å². The molecule has 34 heavy (non-hydrogen) atoms. The molecule has 3 rings (SSSR count). The van der Waals surface area contributed by atoms with Gasteiger partial charge in [0.25, 0.3) is 0 Å². The van der Waals surface area contributed by atoms with E-state index in [1.54, 1.807) is 0 Å². The first-order valence-electron chi connectivity index (χ1n) is 14.2. The van der Waals surface area contributed by atoms with Crippen molar-refractivity contribution in [2.75, 3.05) is 32.7 Å². The van der Waals surface area contributed by atoms with Gasteiger partial charge in [-0.25, -0.2) is 0 Å². The first-order valence-corrected chi connectivity index (χ1v) is 14.2. The number of hydrogen-bond donors (Lipinski definition) is 3. The monoisotopic (exact) mass is 473 g/mol. The summed E-state index contributed by atoms with van der Waals surface area (Å²) in [5.74, 6) is 0.792. The van der Waals surface area contributed by atoms with Crippen molar-refractivity contribution in [3.8, 4) is 6.07 Å². The summed E-state index contributed by atoms with van der Waals surface area (Å²) in [5.41, 5.74) is 6.41. The molecule has 0 bridgehead atoms. The Kier molecular flexibility index (Phi) is 11.6. The van der Waals surface area contributed by atoms with E-state index in [0.717, 1.165) is 51.3 Å². The third-order valence-corrected chi connectivity index (χ3v) is 8.27. The maximum Gasteiger partial charge on any atom is 0.108 e. The smallest absolute Gasteiger partial charge is 0.108 e. The summed E-state index contributed by atoms with van der Waals surface area (Å²) in [6.07, 6.45) is 13.3. The summed E-state index contributed by atoms with van der Waals surface area (Å²) < 4.78 is 0. The van der Waals surface area contributed by atoms with E-state index in [1.807, 2.05) is 0 Å². The van der Waals surface area contributed by atoms with Gasteiger partial charge in [-0.05, 0) is 58.8 Å². The first kappa shape index (κ1) is 27.4. The SMILES string of the molecule is CCCN=C(N)CN1CC[C@@H](C)NC2CCCCC2N(CC#N)CC[C@H](C)NC2CCCCC21. The molecule has 4 unspecified atom stereocenters. The number of amidine groups is 1. The van der Waals surface area contributed by atoms with Crippen LogP contribution in [0.3, 0.4) is 0 Å². The Morgan fingerprint density at radius 1 is 0.882 bits per heavy atom. The summed E-state index contributed by atoms with van der Waals surface area (Å²) in [6, 6.07) is 5.32. The second-order valence-electron chi connectivity index (χ2n) is 11.1. The zero-order valence-corrected chi connectivity index (χ0v) is 22.1. The molecule has 0 amide bonds. The Morgan fingerprint density at radius 2 is 1.41 bits per heavy atom. The van der Waals surface area contributed by atoms with E-state index < -0.39 is 0 Å². The van der Waals surface area contributed by atoms with Crippen LogP contribution in [-0.2, 0) is 0 Å². The van der Waals surface area contributed by atoms with Crippen molar-refractivity contribution in [2.45, 2.75) is 128 Å². The van der Waals surface area contributed by atoms with Crippen molar-refractivity contribution in [3.05, 3.63) is 0 Å². The Labute approximate surface area is 208 Å². The van der Waals surface area contributed by atoms with Crippen LogP contribution in [0.5, 0.6) is 0 Å². The highest BCUT2D eigenvalue weighted by molar-refractivity contribution is 5.82. The van der Waals surface area contributed by atoms with Gasteiger partial charge in [0.1, 0.15) is 5.84 Å². The zero-order chi connectivity index (χ0) is 24.3. The predicted octanol–water partition coefficient (Wildman–Crippen LogP) is 3.25. The number of hydrogen-bond acceptors (Lipinski definition) is 6. The number of nitrogens with zero attached hydrogens (tertiary/aromatic N) is 4. The highest BCUT2D eigenvalue weighted by atomic mass is 15.2. The maximum absolute atomic E-state index is 9.55. The van der Waals surface area contributed by atoms with Crippen LogP contribution in [0.2, 0.25) is 0 Å². The van der Waals surface area contributed by atoms with Crippen LogP contribution in [0, 0.1) is 11.3 Å². The third kappa shape index (κ3) is 8.19. The van der Waals surface area contributed by atoms with Crippen molar-refractivity contribution in [3.63, 3.8) is 0 Å². The summed E-state index contributed by atoms with van der Waals surface area (Å²) >= 11 is 0. The fraction of sp³-hybridized carbons (Fsp3) is 0.926. The van der Waals surface area contributed by atoms with Crippen LogP contribution >= 0.6 is 0 Å². The van der Waals surface area contributed by atoms with Gasteiger partial charge in [-0.15, -0.1) is 0 Å². The van der Waals surface area contributed by atoms with Gasteiger partial charge in [0.05, 0.1) is 19.2 Å². The summed E-state index contributed by atoms with van der Waals surface area (Å²) in [4.78, 5) is 9.75. The Balaban J connectivity index is 1.80. The average Bonchev–Trinajstić information content (AvgIpc) is 2.83. The van der Waals surface area contributed by atoms with E-state index in [4.69, 9.17) is 5.73 Å². The number of nitrogens with two attached hydrogens (primary N) is 1. The van der Waals surface area contributed by atoms with E-state index in [0.29, 0.717) is 42.8 Å². The second kappa shape index (κ2) is 14.4. The molecular formula is C27H51N7. The Hall–Kier alpha value is -1.20. The lowest BCUT2D eigenvalue weighted by Gasteiger charge is -2.44. The minimum absolute atomic E-state index is 0.441. The van der Waals surface area contributed by atoms with Crippen LogP contribution in [-0.4, -0.2) is 84.6 Å². The first-order chi connectivity index (χ1) is 16.5. The topological polar surface area (TPSA) is 92.7 Å². The Bertz CT molecular complexity index is 660. The number of nitrogens with one attached hydrogen (secondary N) is 2. The molecule has 1 heterocycles. The zero-order valence-electron chi connectivity index (χ0n) is 22.1. The lowest BCUT2D eigenvalue weighted by molar-refractivity contribution is 0.100. The molecule has 2 aliphatic carbocycles. The molecule has 0 aromatic carbocycles. The second-order valence-corrected chi connectivity index (χ2v) is 11.1. The quantitative estimate of drug-likeness (QED) is 0.322. The van der Waals surface area contributed by atoms with E-state index in [1.165, 1.54) is 51.4 Å². The number of aliphatic imine (C=N–C) groups is 1. The molecule has 3 fully saturated rings. The molecule has 0 aromatic heterocycles. The fourth-order valence-electron chi connectivity index (χ4n) is 6.43. The molecule has 2 saturated carbocycles. The summed E-state index contributed by atoms with van der Waals surface area (Å²) in [6.45, 7) is 11.0. The van der Waals surface area contributed by atoms with Crippen molar-refractivity contribution in [2.24, 2.45) is 10.7 Å². The van der Waals surface area contributed by atoms with Crippen molar-refractivity contribution in [1.82, 2.24) is 20.4 Å². The maximum atomic E-state index is 9.55. The molecule has 6 atom stereocenters. The lowest BCUT2D eigenvalue weighted by atomic mass is 9.87. The normalized spacial score (nSPS) is 35.5. The van der Waals surface area contributed by atoms with Crippen LogP contribution < -0.4 is 16.4 Å². The average molecular weight is 474 g/mol. The predicted molar refractivity (Wildman–Crippen MR) is 142 cm³/mol. The van der Waals surface area contributed by atoms with Crippen LogP contribution in [0.1, 0.15) is 91.4 Å². The molecule has 7 nitrogen and oxygen atoms in total. The van der Waals surface area contributed by atoms with Crippen molar-refractivity contribution < 1.29 is 0 Å². The van der Waals surface area contributed by atoms with E-state index >= 15 is 0 Å². The van der Waals surface area contributed by atoms with Crippen LogP contribution in [0.25, 0.3) is 0 Å². The Morgan fingerprint density at radius 3 is 1.97 bits per heavy atom. The summed E-state index contributed by atoms with van der Waals surface area (Å²) in [7, 11) is 0. The molecule has 4 N–H and O–H groups in total. The standard InChI is InChI=1S/C27H51N7/c1-4-16-30-27(29)20-34-18-14-22(3)31-23-9-5-7-11-25(23)33(19-15-28)17-13-21(2)32-24-10-6-8-12-26(24)34/h21-26,31-32H,4-14,16-20H2,1-3H3,(H2,29,30)/t21-,22+,23?,24?,25?,26?/m0/s1. The molecule has 1 aliphatic heterocycles. The van der Waals surface area contributed by atoms with Gasteiger partial charge in [-0.2, -0.15) is 5.26 Å². The summed E-state index contributed by atoms with van der Waals surface area (Å²) in [5, 5.41) is 17.6. The van der Waals surface area contributed by atoms with E-state index in [2.05, 4.69) is 52.3 Å². The molecule has 0 radical (unpaired) electrons. The van der Waals surface area contributed by atoms with Gasteiger partial charge in [-0.3, -0.25) is 14.8 Å². The molecule has 7 heteroatoms. The van der Waals surface area contributed by atoms with Crippen LogP contribution in [0.15, 0.2) is 4.99 Å². The molecule has 194 valence electrons. The number of rotatable bonds is 5. The van der Waals surface area contributed by atoms with Gasteiger partial charge in [0, 0.05) is 55.9 Å². The van der Waals surface area contributed by atoms with Gasteiger partial charge < -0.3 is 16.4 Å². The van der Waals surface area contributed by atoms with Gasteiger partial charge >= 0.3 is 0 Å². The molecular weight excluding hydrogens is 422 g/mol. The van der Waals surface area contributed by atoms with Gasteiger partial charge in [-0.1, -0.05) is 32.6 Å². The molecule has 1 saturated heterocycles. The minimum Gasteiger partial charge on any atom is -0.386 e. The molecule has 0 spiro atoms. The lowest BCUT2D eigenvalue weighted by Crippen LogP contribution is -2.58. The molecule has 3 aliphatic rings. The van der Waals surface area contributed by atoms with E-state index in [-0.39, 0.29) is 0 Å². The molecule has 0 aromatic rings. The third-order valence-electron chi connectivity index (χ3n) is 8.27. The largest absolute Gasteiger partial charge is 0.386 e. The van der Waals surface area contributed by atoms with Gasteiger partial charge in [0.2, 0.25) is 0 Å². The highest BCUT2D eigenvalue weighted by Crippen LogP contribution is 2.27.